The van der Waals surface area contributed by atoms with Crippen LogP contribution < -0.4 is 0 Å². The average Bonchev–Trinajstić information content (AvgIpc) is 2.48. The molecular formula is C20H24. The van der Waals surface area contributed by atoms with Crippen LogP contribution in [-0.2, 0) is 12.8 Å². The van der Waals surface area contributed by atoms with Crippen LogP contribution in [0.2, 0.25) is 0 Å². The van der Waals surface area contributed by atoms with Gasteiger partial charge in [-0.1, -0.05) is 74.9 Å². The fourth-order valence-electron chi connectivity index (χ4n) is 2.70. The van der Waals surface area contributed by atoms with Crippen molar-refractivity contribution in [2.75, 3.05) is 0 Å². The fraction of sp³-hybridized carbons (Fsp3) is 0.300. The van der Waals surface area contributed by atoms with Gasteiger partial charge in [0.2, 0.25) is 0 Å². The highest BCUT2D eigenvalue weighted by atomic mass is 14.1. The molecule has 0 aromatic heterocycles. The van der Waals surface area contributed by atoms with Crippen molar-refractivity contribution in [3.8, 4) is 0 Å². The van der Waals surface area contributed by atoms with Gasteiger partial charge in [-0.25, -0.2) is 0 Å². The predicted octanol–water partition coefficient (Wildman–Crippen LogP) is 5.76. The molecule has 0 atom stereocenters. The minimum absolute atomic E-state index is 1.08. The summed E-state index contributed by atoms with van der Waals surface area (Å²) in [5.74, 6) is 0. The fourth-order valence-corrected chi connectivity index (χ4v) is 2.70. The Morgan fingerprint density at radius 3 is 2.25 bits per heavy atom. The van der Waals surface area contributed by atoms with E-state index in [1.54, 1.807) is 0 Å². The number of hydrogen-bond donors (Lipinski definition) is 0. The summed E-state index contributed by atoms with van der Waals surface area (Å²) in [5.41, 5.74) is 6.96. The van der Waals surface area contributed by atoms with Crippen LogP contribution in [0, 0.1) is 0 Å². The van der Waals surface area contributed by atoms with E-state index in [4.69, 9.17) is 0 Å². The van der Waals surface area contributed by atoms with Crippen LogP contribution in [0.15, 0.2) is 48.5 Å². The summed E-state index contributed by atoms with van der Waals surface area (Å²) in [6, 6.07) is 17.4. The summed E-state index contributed by atoms with van der Waals surface area (Å²) < 4.78 is 0. The van der Waals surface area contributed by atoms with Crippen molar-refractivity contribution in [1.29, 1.82) is 0 Å². The molecule has 2 aromatic rings. The maximum absolute atomic E-state index is 2.33. The van der Waals surface area contributed by atoms with Gasteiger partial charge in [-0.2, -0.15) is 0 Å². The van der Waals surface area contributed by atoms with Gasteiger partial charge in [-0.15, -0.1) is 0 Å². The Kier molecular flexibility index (Phi) is 5.17. The highest BCUT2D eigenvalue weighted by molar-refractivity contribution is 5.82. The van der Waals surface area contributed by atoms with E-state index < -0.39 is 0 Å². The lowest BCUT2D eigenvalue weighted by molar-refractivity contribution is 0.918. The van der Waals surface area contributed by atoms with Crippen molar-refractivity contribution in [2.45, 2.75) is 40.0 Å². The second-order valence-corrected chi connectivity index (χ2v) is 5.29. The maximum Gasteiger partial charge on any atom is -0.0195 e. The molecule has 0 radical (unpaired) electrons. The lowest BCUT2D eigenvalue weighted by Crippen LogP contribution is -1.92. The molecule has 0 N–H and O–H groups in total. The van der Waals surface area contributed by atoms with Crippen molar-refractivity contribution in [2.24, 2.45) is 0 Å². The molecule has 0 bridgehead atoms. The Hall–Kier alpha value is -1.82. The van der Waals surface area contributed by atoms with Gasteiger partial charge in [-0.05, 0) is 47.6 Å². The van der Waals surface area contributed by atoms with Gasteiger partial charge in [0.1, 0.15) is 0 Å². The Bertz CT molecular complexity index is 590. The van der Waals surface area contributed by atoms with Crippen LogP contribution in [0.25, 0.3) is 11.6 Å². The van der Waals surface area contributed by atoms with Crippen LogP contribution in [0.5, 0.6) is 0 Å². The number of aryl methyl sites for hydroxylation is 2. The number of hydrogen-bond acceptors (Lipinski definition) is 0. The molecule has 2 rings (SSSR count). The number of benzene rings is 2. The monoisotopic (exact) mass is 264 g/mol. The van der Waals surface area contributed by atoms with Gasteiger partial charge in [0.15, 0.2) is 0 Å². The normalized spacial score (nSPS) is 11.7. The van der Waals surface area contributed by atoms with Crippen LogP contribution in [-0.4, -0.2) is 0 Å². The van der Waals surface area contributed by atoms with E-state index in [0.717, 1.165) is 12.8 Å². The Morgan fingerprint density at radius 2 is 1.55 bits per heavy atom. The Morgan fingerprint density at radius 1 is 0.900 bits per heavy atom. The van der Waals surface area contributed by atoms with Crippen LogP contribution in [0.1, 0.15) is 49.4 Å². The van der Waals surface area contributed by atoms with Crippen molar-refractivity contribution in [3.05, 3.63) is 70.8 Å². The molecule has 0 spiro atoms. The third-order valence-electron chi connectivity index (χ3n) is 3.77. The maximum atomic E-state index is 2.33. The lowest BCUT2D eigenvalue weighted by Gasteiger charge is -2.10. The highest BCUT2D eigenvalue weighted by Gasteiger charge is 2.04. The molecule has 0 aliphatic rings. The van der Waals surface area contributed by atoms with Gasteiger partial charge in [0, 0.05) is 0 Å². The van der Waals surface area contributed by atoms with E-state index in [-0.39, 0.29) is 0 Å². The van der Waals surface area contributed by atoms with E-state index in [1.165, 1.54) is 34.2 Å². The molecule has 20 heavy (non-hydrogen) atoms. The topological polar surface area (TPSA) is 0 Å². The third-order valence-corrected chi connectivity index (χ3v) is 3.77. The Labute approximate surface area is 123 Å². The molecule has 0 fully saturated rings. The first-order valence-electron chi connectivity index (χ1n) is 7.60. The molecule has 0 heteroatoms. The molecule has 0 amide bonds. The molecule has 0 saturated heterocycles. The second kappa shape index (κ2) is 7.09. The number of allylic oxidation sites excluding steroid dienone is 1. The predicted molar refractivity (Wildman–Crippen MR) is 89.8 cm³/mol. The number of rotatable bonds is 5. The van der Waals surface area contributed by atoms with E-state index in [1.807, 2.05) is 0 Å². The molecule has 0 unspecified atom stereocenters. The first-order chi connectivity index (χ1) is 9.76. The summed E-state index contributed by atoms with van der Waals surface area (Å²) in [6.45, 7) is 6.68. The van der Waals surface area contributed by atoms with Gasteiger partial charge in [-0.3, -0.25) is 0 Å². The average molecular weight is 264 g/mol. The molecule has 0 heterocycles. The van der Waals surface area contributed by atoms with Crippen molar-refractivity contribution >= 4 is 11.6 Å². The molecule has 104 valence electrons. The molecule has 0 nitrogen and oxygen atoms in total. The smallest absolute Gasteiger partial charge is 0.0195 e. The molecular weight excluding hydrogens is 240 g/mol. The minimum Gasteiger partial charge on any atom is -0.0651 e. The largest absolute Gasteiger partial charge is 0.0651 e. The summed E-state index contributed by atoms with van der Waals surface area (Å²) in [7, 11) is 0. The van der Waals surface area contributed by atoms with Crippen LogP contribution >= 0.6 is 0 Å². The molecule has 0 aliphatic heterocycles. The quantitative estimate of drug-likeness (QED) is 0.602. The van der Waals surface area contributed by atoms with Crippen LogP contribution in [0.3, 0.4) is 0 Å². The zero-order chi connectivity index (χ0) is 14.4. The van der Waals surface area contributed by atoms with Crippen molar-refractivity contribution in [1.82, 2.24) is 0 Å². The second-order valence-electron chi connectivity index (χ2n) is 5.29. The van der Waals surface area contributed by atoms with E-state index >= 15 is 0 Å². The van der Waals surface area contributed by atoms with E-state index in [2.05, 4.69) is 75.4 Å². The summed E-state index contributed by atoms with van der Waals surface area (Å²) >= 11 is 0. The zero-order valence-electron chi connectivity index (χ0n) is 12.8. The van der Waals surface area contributed by atoms with Gasteiger partial charge >= 0.3 is 0 Å². The van der Waals surface area contributed by atoms with Crippen LogP contribution in [0.4, 0.5) is 0 Å². The Balaban J connectivity index is 2.40. The summed E-state index contributed by atoms with van der Waals surface area (Å²) in [5, 5.41) is 0. The molecule has 2 aromatic carbocycles. The molecule has 0 saturated carbocycles. The third kappa shape index (κ3) is 3.39. The highest BCUT2D eigenvalue weighted by Crippen LogP contribution is 2.24. The van der Waals surface area contributed by atoms with Gasteiger partial charge in [0.05, 0.1) is 0 Å². The van der Waals surface area contributed by atoms with E-state index in [9.17, 15) is 0 Å². The first kappa shape index (κ1) is 14.6. The minimum atomic E-state index is 1.08. The van der Waals surface area contributed by atoms with Gasteiger partial charge < -0.3 is 0 Å². The molecule has 0 aliphatic carbocycles. The van der Waals surface area contributed by atoms with Crippen molar-refractivity contribution < 1.29 is 0 Å². The standard InChI is InChI=1S/C20H24/c1-4-10-18-12-8-9-14-20(18)16(3)15-19-13-7-6-11-17(19)5-2/h6-9,11-15H,4-5,10H2,1-3H3/b16-15+. The van der Waals surface area contributed by atoms with Gasteiger partial charge in [0.25, 0.3) is 0 Å². The lowest BCUT2D eigenvalue weighted by atomic mass is 9.95. The zero-order valence-corrected chi connectivity index (χ0v) is 12.8. The SMILES string of the molecule is CCCc1ccccc1/C(C)=C/c1ccccc1CC. The summed E-state index contributed by atoms with van der Waals surface area (Å²) in [6.07, 6.45) is 5.75. The first-order valence-corrected chi connectivity index (χ1v) is 7.60. The summed E-state index contributed by atoms with van der Waals surface area (Å²) in [4.78, 5) is 0. The van der Waals surface area contributed by atoms with Crippen molar-refractivity contribution in [3.63, 3.8) is 0 Å². The van der Waals surface area contributed by atoms with E-state index in [0.29, 0.717) is 0 Å².